The van der Waals surface area contributed by atoms with Gasteiger partial charge in [-0.05, 0) is 12.1 Å². The summed E-state index contributed by atoms with van der Waals surface area (Å²) in [6.07, 6.45) is 0. The molecule has 94 valence electrons. The van der Waals surface area contributed by atoms with Crippen LogP contribution in [0.2, 0.25) is 0 Å². The van der Waals surface area contributed by atoms with E-state index in [2.05, 4.69) is 4.98 Å². The number of carboxylic acid groups (broad SMARTS) is 1. The van der Waals surface area contributed by atoms with Crippen molar-refractivity contribution in [3.63, 3.8) is 0 Å². The van der Waals surface area contributed by atoms with Gasteiger partial charge in [0.25, 0.3) is 0 Å². The highest BCUT2D eigenvalue weighted by Crippen LogP contribution is 2.29. The van der Waals surface area contributed by atoms with Crippen LogP contribution in [0.25, 0.3) is 11.3 Å². The first-order chi connectivity index (χ1) is 8.56. The number of thiazole rings is 1. The van der Waals surface area contributed by atoms with Crippen LogP contribution in [0.1, 0.15) is 0 Å². The average molecular weight is 287 g/mol. The molecule has 0 aliphatic rings. The van der Waals surface area contributed by atoms with Crippen molar-refractivity contribution in [2.75, 3.05) is 5.75 Å². The molecule has 1 N–H and O–H groups in total. The number of aliphatic carboxylic acids is 1. The summed E-state index contributed by atoms with van der Waals surface area (Å²) in [4.78, 5) is 14.5. The molecule has 0 radical (unpaired) electrons. The fourth-order valence-corrected chi connectivity index (χ4v) is 2.81. The van der Waals surface area contributed by atoms with Crippen LogP contribution in [0.15, 0.2) is 27.9 Å². The molecule has 2 aromatic rings. The topological polar surface area (TPSA) is 50.2 Å². The second-order valence-corrected chi connectivity index (χ2v) is 5.39. The highest BCUT2D eigenvalue weighted by atomic mass is 32.2. The van der Waals surface area contributed by atoms with E-state index >= 15 is 0 Å². The predicted molar refractivity (Wildman–Crippen MR) is 65.8 cm³/mol. The fourth-order valence-electron chi connectivity index (χ4n) is 1.27. The molecule has 0 aliphatic carbocycles. The van der Waals surface area contributed by atoms with E-state index in [4.69, 9.17) is 5.11 Å². The molecule has 18 heavy (non-hydrogen) atoms. The summed E-state index contributed by atoms with van der Waals surface area (Å²) in [7, 11) is 0. The van der Waals surface area contributed by atoms with Crippen LogP contribution >= 0.6 is 23.1 Å². The van der Waals surface area contributed by atoms with Crippen molar-refractivity contribution in [1.29, 1.82) is 0 Å². The number of nitrogens with zero attached hydrogens (tertiary/aromatic N) is 1. The summed E-state index contributed by atoms with van der Waals surface area (Å²) in [5, 5.41) is 10.1. The number of rotatable bonds is 4. The van der Waals surface area contributed by atoms with Crippen LogP contribution < -0.4 is 0 Å². The maximum absolute atomic E-state index is 13.5. The van der Waals surface area contributed by atoms with E-state index in [1.807, 2.05) is 0 Å². The SMILES string of the molecule is O=C(O)CSc1nc(-c2ccc(F)cc2F)cs1. The Kier molecular flexibility index (Phi) is 3.93. The maximum atomic E-state index is 13.5. The molecule has 7 heteroatoms. The largest absolute Gasteiger partial charge is 0.481 e. The van der Waals surface area contributed by atoms with Gasteiger partial charge in [-0.3, -0.25) is 4.79 Å². The lowest BCUT2D eigenvalue weighted by atomic mass is 10.1. The fraction of sp³-hybridized carbons (Fsp3) is 0.0909. The lowest BCUT2D eigenvalue weighted by Gasteiger charge is -1.98. The number of thioether (sulfide) groups is 1. The molecule has 0 bridgehead atoms. The Morgan fingerprint density at radius 3 is 2.89 bits per heavy atom. The Hall–Kier alpha value is -1.47. The van der Waals surface area contributed by atoms with Gasteiger partial charge in [-0.15, -0.1) is 11.3 Å². The Morgan fingerprint density at radius 1 is 1.44 bits per heavy atom. The summed E-state index contributed by atoms with van der Waals surface area (Å²) in [6, 6.07) is 3.26. The molecule has 0 amide bonds. The van der Waals surface area contributed by atoms with Crippen molar-refractivity contribution in [1.82, 2.24) is 4.98 Å². The number of hydrogen-bond acceptors (Lipinski definition) is 4. The highest BCUT2D eigenvalue weighted by Gasteiger charge is 2.11. The van der Waals surface area contributed by atoms with E-state index < -0.39 is 17.6 Å². The first kappa shape index (κ1) is 13.0. The second kappa shape index (κ2) is 5.45. The number of aromatic nitrogens is 1. The third-order valence-electron chi connectivity index (χ3n) is 2.01. The molecule has 0 aliphatic heterocycles. The quantitative estimate of drug-likeness (QED) is 0.877. The molecule has 1 aromatic carbocycles. The molecule has 0 fully saturated rings. The molecule has 0 saturated carbocycles. The Labute approximate surface area is 109 Å². The van der Waals surface area contributed by atoms with Crippen LogP contribution in [0.3, 0.4) is 0 Å². The first-order valence-electron chi connectivity index (χ1n) is 4.82. The number of carbonyl (C=O) groups is 1. The zero-order chi connectivity index (χ0) is 13.1. The molecule has 0 spiro atoms. The smallest absolute Gasteiger partial charge is 0.313 e. The predicted octanol–water partition coefficient (Wildman–Crippen LogP) is 3.27. The zero-order valence-electron chi connectivity index (χ0n) is 8.89. The van der Waals surface area contributed by atoms with Crippen molar-refractivity contribution < 1.29 is 18.7 Å². The minimum Gasteiger partial charge on any atom is -0.481 e. The van der Waals surface area contributed by atoms with Crippen molar-refractivity contribution >= 4 is 29.1 Å². The van der Waals surface area contributed by atoms with Gasteiger partial charge in [0.2, 0.25) is 0 Å². The van der Waals surface area contributed by atoms with E-state index in [1.165, 1.54) is 17.4 Å². The number of halogens is 2. The second-order valence-electron chi connectivity index (χ2n) is 3.31. The standard InChI is InChI=1S/C11H7F2NO2S2/c12-6-1-2-7(8(13)3-6)9-4-17-11(14-9)18-5-10(15)16/h1-4H,5H2,(H,15,16). The minimum absolute atomic E-state index is 0.0984. The first-order valence-corrected chi connectivity index (χ1v) is 6.68. The summed E-state index contributed by atoms with van der Waals surface area (Å²) >= 11 is 2.29. The maximum Gasteiger partial charge on any atom is 0.313 e. The highest BCUT2D eigenvalue weighted by molar-refractivity contribution is 8.01. The third kappa shape index (κ3) is 3.05. The lowest BCUT2D eigenvalue weighted by molar-refractivity contribution is -0.133. The summed E-state index contributed by atoms with van der Waals surface area (Å²) in [5.41, 5.74) is 0.584. The normalized spacial score (nSPS) is 10.6. The van der Waals surface area contributed by atoms with Crippen molar-refractivity contribution in [3.8, 4) is 11.3 Å². The summed E-state index contributed by atoms with van der Waals surface area (Å²) in [6.45, 7) is 0. The average Bonchev–Trinajstić information content (AvgIpc) is 2.75. The monoisotopic (exact) mass is 287 g/mol. The summed E-state index contributed by atoms with van der Waals surface area (Å²) < 4.78 is 26.8. The molecule has 0 saturated heterocycles. The van der Waals surface area contributed by atoms with Crippen molar-refractivity contribution in [2.45, 2.75) is 4.34 Å². The van der Waals surface area contributed by atoms with Gasteiger partial charge in [0.15, 0.2) is 4.34 Å². The van der Waals surface area contributed by atoms with E-state index in [-0.39, 0.29) is 11.3 Å². The molecule has 0 unspecified atom stereocenters. The van der Waals surface area contributed by atoms with Gasteiger partial charge in [-0.1, -0.05) is 11.8 Å². The van der Waals surface area contributed by atoms with Gasteiger partial charge in [0.1, 0.15) is 11.6 Å². The molecule has 0 atom stereocenters. The van der Waals surface area contributed by atoms with Gasteiger partial charge in [0, 0.05) is 17.0 Å². The third-order valence-corrected chi connectivity index (χ3v) is 4.02. The van der Waals surface area contributed by atoms with Gasteiger partial charge in [-0.2, -0.15) is 0 Å². The van der Waals surface area contributed by atoms with Gasteiger partial charge < -0.3 is 5.11 Å². The molecular weight excluding hydrogens is 280 g/mol. The van der Waals surface area contributed by atoms with Crippen LogP contribution in [0, 0.1) is 11.6 Å². The molecule has 2 rings (SSSR count). The molecule has 3 nitrogen and oxygen atoms in total. The van der Waals surface area contributed by atoms with E-state index in [0.29, 0.717) is 10.0 Å². The summed E-state index contributed by atoms with van der Waals surface area (Å²) in [5.74, 6) is -2.37. The van der Waals surface area contributed by atoms with Gasteiger partial charge in [-0.25, -0.2) is 13.8 Å². The lowest BCUT2D eigenvalue weighted by Crippen LogP contribution is -1.97. The van der Waals surface area contributed by atoms with Crippen molar-refractivity contribution in [3.05, 3.63) is 35.2 Å². The van der Waals surface area contributed by atoms with E-state index in [0.717, 1.165) is 23.9 Å². The molecule has 1 aromatic heterocycles. The molecule has 1 heterocycles. The number of carboxylic acids is 1. The Balaban J connectivity index is 2.21. The molecular formula is C11H7F2NO2S2. The van der Waals surface area contributed by atoms with E-state index in [1.54, 1.807) is 5.38 Å². The van der Waals surface area contributed by atoms with Crippen LogP contribution in [0.5, 0.6) is 0 Å². The van der Waals surface area contributed by atoms with Gasteiger partial charge >= 0.3 is 5.97 Å². The number of hydrogen-bond donors (Lipinski definition) is 1. The Morgan fingerprint density at radius 2 is 2.22 bits per heavy atom. The van der Waals surface area contributed by atoms with Gasteiger partial charge in [0.05, 0.1) is 11.4 Å². The van der Waals surface area contributed by atoms with Crippen LogP contribution in [0.4, 0.5) is 8.78 Å². The Bertz CT molecular complexity index is 586. The van der Waals surface area contributed by atoms with Crippen LogP contribution in [-0.2, 0) is 4.79 Å². The van der Waals surface area contributed by atoms with Crippen molar-refractivity contribution in [2.24, 2.45) is 0 Å². The number of benzene rings is 1. The van der Waals surface area contributed by atoms with E-state index in [9.17, 15) is 13.6 Å². The van der Waals surface area contributed by atoms with Crippen LogP contribution in [-0.4, -0.2) is 21.8 Å². The minimum atomic E-state index is -0.940. The zero-order valence-corrected chi connectivity index (χ0v) is 10.5.